The van der Waals surface area contributed by atoms with E-state index >= 15 is 0 Å². The molecule has 0 aliphatic carbocycles. The van der Waals surface area contributed by atoms with Gasteiger partial charge in [-0.25, -0.2) is 5.01 Å². The molecule has 2 heterocycles. The highest BCUT2D eigenvalue weighted by Gasteiger charge is 2.37. The van der Waals surface area contributed by atoms with Crippen molar-refractivity contribution < 1.29 is 9.53 Å². The van der Waals surface area contributed by atoms with Crippen LogP contribution in [-0.4, -0.2) is 25.3 Å². The number of anilines is 2. The van der Waals surface area contributed by atoms with Crippen molar-refractivity contribution >= 4 is 23.0 Å². The summed E-state index contributed by atoms with van der Waals surface area (Å²) in [5, 5.41) is 6.57. The van der Waals surface area contributed by atoms with Crippen LogP contribution in [0, 0.1) is 0 Å². The molecule has 25 heavy (non-hydrogen) atoms. The number of hydrogen-bond donors (Lipinski definition) is 0. The highest BCUT2D eigenvalue weighted by molar-refractivity contribution is 6.13. The van der Waals surface area contributed by atoms with Gasteiger partial charge in [0.1, 0.15) is 5.75 Å². The zero-order valence-electron chi connectivity index (χ0n) is 14.3. The molecule has 126 valence electrons. The Morgan fingerprint density at radius 2 is 1.72 bits per heavy atom. The number of rotatable bonds is 3. The van der Waals surface area contributed by atoms with Gasteiger partial charge in [0.25, 0.3) is 5.91 Å². The van der Waals surface area contributed by atoms with Gasteiger partial charge in [-0.2, -0.15) is 5.10 Å². The molecule has 0 saturated carbocycles. The Morgan fingerprint density at radius 1 is 1.00 bits per heavy atom. The van der Waals surface area contributed by atoms with E-state index in [0.717, 1.165) is 34.1 Å². The molecule has 2 aliphatic rings. The van der Waals surface area contributed by atoms with Crippen molar-refractivity contribution in [3.8, 4) is 5.75 Å². The lowest BCUT2D eigenvalue weighted by atomic mass is 10.1. The van der Waals surface area contributed by atoms with Crippen molar-refractivity contribution in [1.29, 1.82) is 0 Å². The molecule has 0 spiro atoms. The number of ether oxygens (including phenoxy) is 1. The van der Waals surface area contributed by atoms with Crippen molar-refractivity contribution in [2.45, 2.75) is 13.3 Å². The van der Waals surface area contributed by atoms with Gasteiger partial charge < -0.3 is 9.64 Å². The summed E-state index contributed by atoms with van der Waals surface area (Å²) in [4.78, 5) is 14.7. The lowest BCUT2D eigenvalue weighted by Crippen LogP contribution is -2.27. The monoisotopic (exact) mass is 333 g/mol. The molecule has 0 unspecified atom stereocenters. The zero-order valence-corrected chi connectivity index (χ0v) is 14.3. The van der Waals surface area contributed by atoms with Gasteiger partial charge in [0, 0.05) is 23.4 Å². The Kier molecular flexibility index (Phi) is 3.76. The first-order valence-corrected chi connectivity index (χ1v) is 8.24. The molecule has 0 fully saturated rings. The highest BCUT2D eigenvalue weighted by Crippen LogP contribution is 2.35. The third-order valence-corrected chi connectivity index (χ3v) is 4.50. The van der Waals surface area contributed by atoms with E-state index in [9.17, 15) is 4.79 Å². The molecular formula is C20H19N3O2. The van der Waals surface area contributed by atoms with E-state index in [1.165, 1.54) is 0 Å². The van der Waals surface area contributed by atoms with Gasteiger partial charge in [0.15, 0.2) is 0 Å². The SMILES string of the molecule is COc1ccc(N2N=C(C)CC3=C2CN(c2ccccc2)C3=O)cc1. The van der Waals surface area contributed by atoms with Crippen LogP contribution in [0.25, 0.3) is 0 Å². The maximum absolute atomic E-state index is 12.9. The second-order valence-corrected chi connectivity index (χ2v) is 6.17. The molecule has 0 atom stereocenters. The topological polar surface area (TPSA) is 45.1 Å². The van der Waals surface area contributed by atoms with Crippen LogP contribution < -0.4 is 14.6 Å². The van der Waals surface area contributed by atoms with E-state index in [1.54, 1.807) is 7.11 Å². The van der Waals surface area contributed by atoms with E-state index in [-0.39, 0.29) is 5.91 Å². The number of benzene rings is 2. The summed E-state index contributed by atoms with van der Waals surface area (Å²) in [6.07, 6.45) is 0.601. The fourth-order valence-corrected chi connectivity index (χ4v) is 3.25. The number of amides is 1. The predicted molar refractivity (Wildman–Crippen MR) is 99.0 cm³/mol. The fraction of sp³-hybridized carbons (Fsp3) is 0.200. The van der Waals surface area contributed by atoms with Crippen LogP contribution in [0.5, 0.6) is 5.75 Å². The van der Waals surface area contributed by atoms with Crippen LogP contribution in [0.4, 0.5) is 11.4 Å². The molecule has 0 N–H and O–H groups in total. The summed E-state index contributed by atoms with van der Waals surface area (Å²) in [5.74, 6) is 0.859. The molecule has 0 saturated heterocycles. The molecule has 5 heteroatoms. The maximum Gasteiger partial charge on any atom is 0.256 e. The van der Waals surface area contributed by atoms with Gasteiger partial charge in [0.05, 0.1) is 25.0 Å². The number of carbonyl (C=O) groups excluding carboxylic acids is 1. The minimum absolute atomic E-state index is 0.0639. The molecular weight excluding hydrogens is 314 g/mol. The Hall–Kier alpha value is -3.08. The Bertz CT molecular complexity index is 870. The second kappa shape index (κ2) is 6.09. The molecule has 2 aliphatic heterocycles. The van der Waals surface area contributed by atoms with Crippen molar-refractivity contribution in [2.75, 3.05) is 23.6 Å². The fourth-order valence-electron chi connectivity index (χ4n) is 3.25. The minimum Gasteiger partial charge on any atom is -0.497 e. The Balaban J connectivity index is 1.70. The first-order valence-electron chi connectivity index (χ1n) is 8.24. The number of methoxy groups -OCH3 is 1. The van der Waals surface area contributed by atoms with E-state index in [4.69, 9.17) is 4.74 Å². The molecule has 0 bridgehead atoms. The summed E-state index contributed by atoms with van der Waals surface area (Å²) >= 11 is 0. The van der Waals surface area contributed by atoms with E-state index < -0.39 is 0 Å². The van der Waals surface area contributed by atoms with Gasteiger partial charge in [-0.1, -0.05) is 18.2 Å². The Labute approximate surface area is 146 Å². The Morgan fingerprint density at radius 3 is 2.40 bits per heavy atom. The van der Waals surface area contributed by atoms with Crippen LogP contribution in [0.15, 0.2) is 71.0 Å². The normalized spacial score (nSPS) is 16.9. The van der Waals surface area contributed by atoms with E-state index in [2.05, 4.69) is 5.10 Å². The number of carbonyl (C=O) groups is 1. The van der Waals surface area contributed by atoms with Crippen molar-refractivity contribution in [3.63, 3.8) is 0 Å². The summed E-state index contributed by atoms with van der Waals surface area (Å²) in [7, 11) is 1.65. The maximum atomic E-state index is 12.9. The van der Waals surface area contributed by atoms with Crippen LogP contribution in [0.2, 0.25) is 0 Å². The predicted octanol–water partition coefficient (Wildman–Crippen LogP) is 3.58. The van der Waals surface area contributed by atoms with Crippen LogP contribution in [0.3, 0.4) is 0 Å². The molecule has 1 amide bonds. The summed E-state index contributed by atoms with van der Waals surface area (Å²) in [5.41, 5.74) is 4.54. The van der Waals surface area contributed by atoms with Crippen LogP contribution in [-0.2, 0) is 4.79 Å². The van der Waals surface area contributed by atoms with Crippen molar-refractivity contribution in [3.05, 3.63) is 65.9 Å². The average molecular weight is 333 g/mol. The first-order chi connectivity index (χ1) is 12.2. The average Bonchev–Trinajstić information content (AvgIpc) is 2.99. The number of hydrogen-bond acceptors (Lipinski definition) is 4. The molecule has 2 aromatic rings. The lowest BCUT2D eigenvalue weighted by Gasteiger charge is -2.26. The number of para-hydroxylation sites is 1. The molecule has 4 rings (SSSR count). The molecule has 0 radical (unpaired) electrons. The van der Waals surface area contributed by atoms with Crippen LogP contribution in [0.1, 0.15) is 13.3 Å². The molecule has 5 nitrogen and oxygen atoms in total. The van der Waals surface area contributed by atoms with Gasteiger partial charge in [-0.05, 0) is 43.3 Å². The minimum atomic E-state index is 0.0639. The van der Waals surface area contributed by atoms with Gasteiger partial charge in [0.2, 0.25) is 0 Å². The zero-order chi connectivity index (χ0) is 17.4. The third-order valence-electron chi connectivity index (χ3n) is 4.50. The number of hydrazone groups is 1. The molecule has 2 aromatic carbocycles. The standard InChI is InChI=1S/C20H19N3O2/c1-14-12-18-19(13-22(20(18)24)15-6-4-3-5-7-15)23(21-14)16-8-10-17(25-2)11-9-16/h3-11H,12-13H2,1-2H3. The van der Waals surface area contributed by atoms with Gasteiger partial charge in [-0.15, -0.1) is 0 Å². The summed E-state index contributed by atoms with van der Waals surface area (Å²) < 4.78 is 5.23. The number of nitrogens with zero attached hydrogens (tertiary/aromatic N) is 3. The van der Waals surface area contributed by atoms with Crippen molar-refractivity contribution in [2.24, 2.45) is 5.10 Å². The summed E-state index contributed by atoms with van der Waals surface area (Å²) in [6, 6.07) is 17.5. The van der Waals surface area contributed by atoms with Gasteiger partial charge in [-0.3, -0.25) is 4.79 Å². The van der Waals surface area contributed by atoms with Gasteiger partial charge >= 0.3 is 0 Å². The highest BCUT2D eigenvalue weighted by atomic mass is 16.5. The smallest absolute Gasteiger partial charge is 0.256 e. The van der Waals surface area contributed by atoms with E-state index in [0.29, 0.717) is 13.0 Å². The largest absolute Gasteiger partial charge is 0.497 e. The first kappa shape index (κ1) is 15.4. The van der Waals surface area contributed by atoms with Crippen molar-refractivity contribution in [1.82, 2.24) is 0 Å². The van der Waals surface area contributed by atoms with Crippen LogP contribution >= 0.6 is 0 Å². The quantitative estimate of drug-likeness (QED) is 0.862. The lowest BCUT2D eigenvalue weighted by molar-refractivity contribution is -0.114. The second-order valence-electron chi connectivity index (χ2n) is 6.17. The molecule has 0 aromatic heterocycles. The summed E-state index contributed by atoms with van der Waals surface area (Å²) in [6.45, 7) is 2.49. The van der Waals surface area contributed by atoms with E-state index in [1.807, 2.05) is 71.4 Å². The third kappa shape index (κ3) is 2.67.